The van der Waals surface area contributed by atoms with Crippen LogP contribution in [0.4, 0.5) is 0 Å². The molecule has 0 spiro atoms. The topological polar surface area (TPSA) is 68.3 Å². The van der Waals surface area contributed by atoms with Gasteiger partial charge in [-0.1, -0.05) is 109 Å². The number of fused-ring (bicyclic) bond motifs is 2. The van der Waals surface area contributed by atoms with E-state index in [1.54, 1.807) is 0 Å². The van der Waals surface area contributed by atoms with Gasteiger partial charge >= 0.3 is 5.97 Å². The highest BCUT2D eigenvalue weighted by molar-refractivity contribution is 5.96. The lowest BCUT2D eigenvalue weighted by atomic mass is 9.96. The van der Waals surface area contributed by atoms with E-state index >= 15 is 0 Å². The van der Waals surface area contributed by atoms with Crippen LogP contribution in [-0.4, -0.2) is 20.6 Å². The van der Waals surface area contributed by atoms with Crippen LogP contribution in [0.5, 0.6) is 0 Å². The Morgan fingerprint density at radius 3 is 2.10 bits per heavy atom. The second kappa shape index (κ2) is 10.9. The van der Waals surface area contributed by atoms with Gasteiger partial charge in [0.25, 0.3) is 0 Å². The van der Waals surface area contributed by atoms with Crippen LogP contribution in [0.1, 0.15) is 22.7 Å². The predicted molar refractivity (Wildman–Crippen MR) is 167 cm³/mol. The van der Waals surface area contributed by atoms with Gasteiger partial charge in [-0.25, -0.2) is 4.98 Å². The van der Waals surface area contributed by atoms with E-state index in [0.717, 1.165) is 55.6 Å². The average molecular weight is 549 g/mol. The highest BCUT2D eigenvalue weighted by Crippen LogP contribution is 2.37. The number of carboxylic acids is 1. The van der Waals surface area contributed by atoms with E-state index in [4.69, 9.17) is 9.40 Å². The summed E-state index contributed by atoms with van der Waals surface area (Å²) in [5.41, 5.74) is 9.22. The Kier molecular flexibility index (Phi) is 6.61. The van der Waals surface area contributed by atoms with E-state index in [1.807, 2.05) is 71.3 Å². The van der Waals surface area contributed by atoms with Crippen molar-refractivity contribution in [2.45, 2.75) is 19.4 Å². The van der Waals surface area contributed by atoms with Crippen LogP contribution in [0.25, 0.3) is 44.3 Å². The van der Waals surface area contributed by atoms with Crippen molar-refractivity contribution in [1.29, 1.82) is 0 Å². The van der Waals surface area contributed by atoms with E-state index in [1.165, 1.54) is 5.56 Å². The quantitative estimate of drug-likeness (QED) is 0.207. The number of hydrogen-bond acceptors (Lipinski definition) is 3. The van der Waals surface area contributed by atoms with Gasteiger partial charge in [-0.15, -0.1) is 0 Å². The van der Waals surface area contributed by atoms with Gasteiger partial charge in [0.05, 0.1) is 11.0 Å². The van der Waals surface area contributed by atoms with Gasteiger partial charge in [0.2, 0.25) is 0 Å². The van der Waals surface area contributed by atoms with E-state index in [0.29, 0.717) is 18.8 Å². The molecule has 0 amide bonds. The number of para-hydroxylation sites is 1. The number of aliphatic carboxylic acids is 1. The Hall–Kier alpha value is -5.42. The zero-order valence-electron chi connectivity index (χ0n) is 22.9. The molecule has 204 valence electrons. The third-order valence-electron chi connectivity index (χ3n) is 7.70. The summed E-state index contributed by atoms with van der Waals surface area (Å²) in [5, 5.41) is 10.6. The van der Waals surface area contributed by atoms with E-state index in [-0.39, 0.29) is 6.42 Å². The van der Waals surface area contributed by atoms with Crippen LogP contribution < -0.4 is 0 Å². The molecule has 0 aliphatic rings. The first-order chi connectivity index (χ1) is 20.6. The third-order valence-corrected chi connectivity index (χ3v) is 7.70. The number of furan rings is 1. The van der Waals surface area contributed by atoms with Gasteiger partial charge in [0.1, 0.15) is 23.6 Å². The molecule has 0 unspecified atom stereocenters. The van der Waals surface area contributed by atoms with Gasteiger partial charge < -0.3 is 14.1 Å². The number of benzene rings is 5. The maximum absolute atomic E-state index is 11.6. The van der Waals surface area contributed by atoms with Gasteiger partial charge in [0, 0.05) is 23.9 Å². The predicted octanol–water partition coefficient (Wildman–Crippen LogP) is 8.38. The zero-order valence-corrected chi connectivity index (χ0v) is 22.9. The van der Waals surface area contributed by atoms with E-state index in [9.17, 15) is 9.90 Å². The molecule has 42 heavy (non-hydrogen) atoms. The minimum absolute atomic E-state index is 0.129. The average Bonchev–Trinajstić information content (AvgIpc) is 3.54. The van der Waals surface area contributed by atoms with Crippen molar-refractivity contribution < 1.29 is 14.3 Å². The summed E-state index contributed by atoms with van der Waals surface area (Å²) in [4.78, 5) is 16.4. The largest absolute Gasteiger partial charge is 0.481 e. The first-order valence-corrected chi connectivity index (χ1v) is 14.0. The first-order valence-electron chi connectivity index (χ1n) is 14.0. The monoisotopic (exact) mass is 548 g/mol. The number of aromatic nitrogens is 2. The molecule has 0 fully saturated rings. The summed E-state index contributed by atoms with van der Waals surface area (Å²) < 4.78 is 8.36. The summed E-state index contributed by atoms with van der Waals surface area (Å²) >= 11 is 0. The molecule has 5 nitrogen and oxygen atoms in total. The van der Waals surface area contributed by atoms with Crippen molar-refractivity contribution in [2.75, 3.05) is 0 Å². The second-order valence-electron chi connectivity index (χ2n) is 10.5. The highest BCUT2D eigenvalue weighted by Gasteiger charge is 2.18. The summed E-state index contributed by atoms with van der Waals surface area (Å²) in [7, 11) is 0. The Morgan fingerprint density at radius 2 is 1.36 bits per heavy atom. The smallest absolute Gasteiger partial charge is 0.311 e. The zero-order chi connectivity index (χ0) is 28.5. The van der Waals surface area contributed by atoms with Crippen molar-refractivity contribution in [3.05, 3.63) is 150 Å². The minimum atomic E-state index is -0.895. The van der Waals surface area contributed by atoms with Crippen molar-refractivity contribution >= 4 is 28.0 Å². The molecule has 5 aromatic carbocycles. The standard InChI is InChI=1S/C37H28N2O3/c40-36(41)23-35-38-31-22-29(19-20-32(31)39(35)24-26-11-5-2-6-12-26)27-15-17-28(18-16-27)37-30-13-7-8-14-33(30)42-34(37)21-25-9-3-1-4-10-25/h1-20,22H,21,23-24H2,(H,40,41). The van der Waals surface area contributed by atoms with Crippen molar-refractivity contribution in [2.24, 2.45) is 0 Å². The van der Waals surface area contributed by atoms with Crippen LogP contribution in [0.2, 0.25) is 0 Å². The van der Waals surface area contributed by atoms with Gasteiger partial charge in [-0.05, 0) is 46.0 Å². The van der Waals surface area contributed by atoms with Crippen molar-refractivity contribution in [1.82, 2.24) is 9.55 Å². The second-order valence-corrected chi connectivity index (χ2v) is 10.5. The lowest BCUT2D eigenvalue weighted by molar-refractivity contribution is -0.136. The van der Waals surface area contributed by atoms with Crippen LogP contribution in [-0.2, 0) is 24.2 Å². The molecule has 0 aliphatic heterocycles. The molecule has 0 atom stereocenters. The third kappa shape index (κ3) is 4.97. The Labute approximate surface area is 243 Å². The van der Waals surface area contributed by atoms with Crippen LogP contribution in [0.3, 0.4) is 0 Å². The normalized spacial score (nSPS) is 11.3. The lowest BCUT2D eigenvalue weighted by Gasteiger charge is -2.09. The van der Waals surface area contributed by atoms with Crippen LogP contribution >= 0.6 is 0 Å². The summed E-state index contributed by atoms with van der Waals surface area (Å²) in [6, 6.07) is 43.3. The van der Waals surface area contributed by atoms with Gasteiger partial charge in [0.15, 0.2) is 0 Å². The maximum Gasteiger partial charge on any atom is 0.311 e. The van der Waals surface area contributed by atoms with Crippen LogP contribution in [0.15, 0.2) is 132 Å². The summed E-state index contributed by atoms with van der Waals surface area (Å²) in [5.74, 6) is 0.604. The molecule has 7 aromatic rings. The highest BCUT2D eigenvalue weighted by atomic mass is 16.4. The molecule has 0 bridgehead atoms. The fourth-order valence-electron chi connectivity index (χ4n) is 5.72. The summed E-state index contributed by atoms with van der Waals surface area (Å²) in [6.07, 6.45) is 0.586. The van der Waals surface area contributed by atoms with E-state index in [2.05, 4.69) is 60.7 Å². The summed E-state index contributed by atoms with van der Waals surface area (Å²) in [6.45, 7) is 0.567. The first kappa shape index (κ1) is 25.5. The molecule has 2 heterocycles. The molecule has 0 radical (unpaired) electrons. The number of imidazole rings is 1. The number of carbonyl (C=O) groups is 1. The molecule has 0 saturated carbocycles. The molecule has 0 saturated heterocycles. The Balaban J connectivity index is 1.24. The van der Waals surface area contributed by atoms with Gasteiger partial charge in [-0.3, -0.25) is 4.79 Å². The maximum atomic E-state index is 11.6. The molecular weight excluding hydrogens is 520 g/mol. The molecule has 1 N–H and O–H groups in total. The fourth-order valence-corrected chi connectivity index (χ4v) is 5.72. The fraction of sp³-hybridized carbons (Fsp3) is 0.0811. The molecule has 0 aliphatic carbocycles. The molecular formula is C37H28N2O3. The van der Waals surface area contributed by atoms with Gasteiger partial charge in [-0.2, -0.15) is 0 Å². The number of rotatable bonds is 8. The number of carboxylic acid groups (broad SMARTS) is 1. The SMILES string of the molecule is O=C(O)Cc1nc2cc(-c3ccc(-c4c(Cc5ccccc5)oc5ccccc45)cc3)ccc2n1Cc1ccccc1. The van der Waals surface area contributed by atoms with Crippen molar-refractivity contribution in [3.63, 3.8) is 0 Å². The number of hydrogen-bond donors (Lipinski definition) is 1. The molecule has 7 rings (SSSR count). The van der Waals surface area contributed by atoms with E-state index < -0.39 is 5.97 Å². The Bertz CT molecular complexity index is 2020. The molecule has 2 aromatic heterocycles. The molecule has 5 heteroatoms. The minimum Gasteiger partial charge on any atom is -0.481 e. The van der Waals surface area contributed by atoms with Crippen molar-refractivity contribution in [3.8, 4) is 22.3 Å². The van der Waals surface area contributed by atoms with Crippen LogP contribution in [0, 0.1) is 0 Å². The number of nitrogens with zero attached hydrogens (tertiary/aromatic N) is 2. The lowest BCUT2D eigenvalue weighted by Crippen LogP contribution is -2.10. The Morgan fingerprint density at radius 1 is 0.714 bits per heavy atom.